The largest absolute Gasteiger partial charge is 0.481 e. The normalized spacial score (nSPS) is 17.7. The number of hydrogen-bond donors (Lipinski definition) is 2. The monoisotopic (exact) mass is 277 g/mol. The van der Waals surface area contributed by atoms with Crippen molar-refractivity contribution in [2.45, 2.75) is 32.1 Å². The summed E-state index contributed by atoms with van der Waals surface area (Å²) in [6.07, 6.45) is 3.88. The van der Waals surface area contributed by atoms with Crippen molar-refractivity contribution in [3.63, 3.8) is 0 Å². The molecule has 0 bridgehead atoms. The van der Waals surface area contributed by atoms with Crippen LogP contribution in [0.3, 0.4) is 0 Å². The highest BCUT2D eigenvalue weighted by Crippen LogP contribution is 2.40. The summed E-state index contributed by atoms with van der Waals surface area (Å²) in [4.78, 5) is 16.9. The van der Waals surface area contributed by atoms with Gasteiger partial charge in [-0.05, 0) is 24.3 Å². The number of carboxylic acid groups (broad SMARTS) is 1. The second-order valence-corrected chi connectivity index (χ2v) is 6.00. The van der Waals surface area contributed by atoms with Gasteiger partial charge in [0.05, 0.1) is 10.3 Å². The maximum Gasteiger partial charge on any atom is 0.310 e. The fourth-order valence-electron chi connectivity index (χ4n) is 2.73. The molecule has 1 fully saturated rings. The molecule has 1 aliphatic carbocycles. The van der Waals surface area contributed by atoms with Crippen LogP contribution in [0.4, 0.5) is 0 Å². The average Bonchev–Trinajstić information content (AvgIpc) is 3.10. The molecule has 19 heavy (non-hydrogen) atoms. The van der Waals surface area contributed by atoms with E-state index in [0.717, 1.165) is 30.6 Å². The van der Waals surface area contributed by atoms with Crippen molar-refractivity contribution < 1.29 is 9.90 Å². The minimum Gasteiger partial charge on any atom is -0.481 e. The Bertz CT molecular complexity index is 570. The van der Waals surface area contributed by atoms with Gasteiger partial charge in [0.1, 0.15) is 5.82 Å². The fourth-order valence-corrected chi connectivity index (χ4v) is 3.39. The van der Waals surface area contributed by atoms with Crippen molar-refractivity contribution >= 4 is 17.3 Å². The molecule has 0 aromatic carbocycles. The number of carboxylic acids is 1. The number of thiophene rings is 1. The van der Waals surface area contributed by atoms with Crippen molar-refractivity contribution in [3.05, 3.63) is 23.3 Å². The van der Waals surface area contributed by atoms with Gasteiger partial charge in [-0.2, -0.15) is 5.10 Å². The number of nitrogens with zero attached hydrogens (tertiary/aromatic N) is 2. The van der Waals surface area contributed by atoms with E-state index in [2.05, 4.69) is 15.2 Å². The van der Waals surface area contributed by atoms with Crippen LogP contribution in [0, 0.1) is 5.41 Å². The lowest BCUT2D eigenvalue weighted by Gasteiger charge is -2.21. The molecule has 0 saturated heterocycles. The van der Waals surface area contributed by atoms with E-state index in [1.165, 1.54) is 0 Å². The van der Waals surface area contributed by atoms with Gasteiger partial charge in [-0.15, -0.1) is 11.3 Å². The van der Waals surface area contributed by atoms with Gasteiger partial charge < -0.3 is 5.11 Å². The van der Waals surface area contributed by atoms with Crippen molar-refractivity contribution in [3.8, 4) is 10.7 Å². The third kappa shape index (κ3) is 2.28. The molecule has 6 heteroatoms. The van der Waals surface area contributed by atoms with E-state index in [9.17, 15) is 9.90 Å². The van der Waals surface area contributed by atoms with Gasteiger partial charge in [0.25, 0.3) is 0 Å². The van der Waals surface area contributed by atoms with Crippen LogP contribution in [0.2, 0.25) is 0 Å². The standard InChI is InChI=1S/C13H15N3O2S/c17-12(18)13(5-1-2-6-13)8-10-14-11(16-15-10)9-4-3-7-19-9/h3-4,7H,1-2,5-6,8H2,(H,17,18)(H,14,15,16). The van der Waals surface area contributed by atoms with Crippen molar-refractivity contribution in [1.29, 1.82) is 0 Å². The first-order valence-corrected chi connectivity index (χ1v) is 7.26. The molecule has 0 spiro atoms. The Labute approximate surface area is 114 Å². The molecule has 0 aliphatic heterocycles. The zero-order valence-corrected chi connectivity index (χ0v) is 11.2. The minimum absolute atomic E-state index is 0.445. The molecule has 2 aromatic heterocycles. The smallest absolute Gasteiger partial charge is 0.310 e. The van der Waals surface area contributed by atoms with Crippen LogP contribution in [0.1, 0.15) is 31.5 Å². The van der Waals surface area contributed by atoms with Gasteiger partial charge in [0.15, 0.2) is 5.82 Å². The van der Waals surface area contributed by atoms with Crippen molar-refractivity contribution in [2.75, 3.05) is 0 Å². The number of aliphatic carboxylic acids is 1. The van der Waals surface area contributed by atoms with Gasteiger partial charge >= 0.3 is 5.97 Å². The highest BCUT2D eigenvalue weighted by molar-refractivity contribution is 7.13. The Hall–Kier alpha value is -1.69. The van der Waals surface area contributed by atoms with Crippen LogP contribution in [-0.4, -0.2) is 26.3 Å². The van der Waals surface area contributed by atoms with Gasteiger partial charge in [-0.25, -0.2) is 4.98 Å². The van der Waals surface area contributed by atoms with E-state index in [4.69, 9.17) is 0 Å². The third-order valence-corrected chi connectivity index (χ3v) is 4.66. The Balaban J connectivity index is 1.82. The molecular formula is C13H15N3O2S. The predicted octanol–water partition coefficient (Wildman–Crippen LogP) is 2.72. The molecule has 5 nitrogen and oxygen atoms in total. The molecule has 100 valence electrons. The molecular weight excluding hydrogens is 262 g/mol. The molecule has 0 radical (unpaired) electrons. The molecule has 2 aromatic rings. The minimum atomic E-state index is -0.709. The van der Waals surface area contributed by atoms with E-state index >= 15 is 0 Å². The van der Waals surface area contributed by atoms with Crippen LogP contribution in [0.5, 0.6) is 0 Å². The summed E-state index contributed by atoms with van der Waals surface area (Å²) in [5.41, 5.74) is -0.647. The summed E-state index contributed by atoms with van der Waals surface area (Å²) in [5.74, 6) is 0.621. The molecule has 1 aliphatic rings. The molecule has 2 heterocycles. The maximum atomic E-state index is 11.5. The lowest BCUT2D eigenvalue weighted by atomic mass is 9.82. The molecule has 0 unspecified atom stereocenters. The lowest BCUT2D eigenvalue weighted by Crippen LogP contribution is -2.30. The van der Waals surface area contributed by atoms with Crippen LogP contribution < -0.4 is 0 Å². The quantitative estimate of drug-likeness (QED) is 0.900. The average molecular weight is 277 g/mol. The first-order valence-electron chi connectivity index (χ1n) is 6.38. The SMILES string of the molecule is O=C(O)C1(Cc2nc(-c3cccs3)n[nH]2)CCCC1. The lowest BCUT2D eigenvalue weighted by molar-refractivity contribution is -0.148. The maximum absolute atomic E-state index is 11.5. The zero-order valence-electron chi connectivity index (χ0n) is 10.4. The number of aromatic nitrogens is 3. The Morgan fingerprint density at radius 1 is 1.47 bits per heavy atom. The fraction of sp³-hybridized carbons (Fsp3) is 0.462. The number of hydrogen-bond acceptors (Lipinski definition) is 4. The van der Waals surface area contributed by atoms with E-state index in [-0.39, 0.29) is 0 Å². The van der Waals surface area contributed by atoms with Crippen LogP contribution in [0.15, 0.2) is 17.5 Å². The predicted molar refractivity (Wildman–Crippen MR) is 71.9 cm³/mol. The number of nitrogens with one attached hydrogen (secondary N) is 1. The van der Waals surface area contributed by atoms with Gasteiger partial charge in [0.2, 0.25) is 0 Å². The highest BCUT2D eigenvalue weighted by Gasteiger charge is 2.42. The number of carbonyl (C=O) groups is 1. The topological polar surface area (TPSA) is 78.9 Å². The van der Waals surface area contributed by atoms with E-state index in [1.807, 2.05) is 17.5 Å². The van der Waals surface area contributed by atoms with Crippen LogP contribution in [-0.2, 0) is 11.2 Å². The molecule has 3 rings (SSSR count). The van der Waals surface area contributed by atoms with Gasteiger partial charge in [-0.3, -0.25) is 9.89 Å². The molecule has 0 atom stereocenters. The third-order valence-electron chi connectivity index (χ3n) is 3.79. The van der Waals surface area contributed by atoms with Gasteiger partial charge in [0, 0.05) is 6.42 Å². The van der Waals surface area contributed by atoms with Crippen LogP contribution >= 0.6 is 11.3 Å². The number of rotatable bonds is 4. The van der Waals surface area contributed by atoms with E-state index < -0.39 is 11.4 Å². The summed E-state index contributed by atoms with van der Waals surface area (Å²) in [6, 6.07) is 3.91. The Morgan fingerprint density at radius 3 is 2.89 bits per heavy atom. The van der Waals surface area contributed by atoms with Gasteiger partial charge in [-0.1, -0.05) is 18.9 Å². The second kappa shape index (κ2) is 4.77. The molecule has 1 saturated carbocycles. The number of aromatic amines is 1. The summed E-state index contributed by atoms with van der Waals surface area (Å²) >= 11 is 1.58. The summed E-state index contributed by atoms with van der Waals surface area (Å²) < 4.78 is 0. The highest BCUT2D eigenvalue weighted by atomic mass is 32.1. The summed E-state index contributed by atoms with van der Waals surface area (Å²) in [7, 11) is 0. The van der Waals surface area contributed by atoms with E-state index in [1.54, 1.807) is 11.3 Å². The van der Waals surface area contributed by atoms with E-state index in [0.29, 0.717) is 18.1 Å². The summed E-state index contributed by atoms with van der Waals surface area (Å²) in [5, 5.41) is 18.5. The van der Waals surface area contributed by atoms with Crippen molar-refractivity contribution in [2.24, 2.45) is 5.41 Å². The van der Waals surface area contributed by atoms with Crippen molar-refractivity contribution in [1.82, 2.24) is 15.2 Å². The zero-order chi connectivity index (χ0) is 13.3. The molecule has 2 N–H and O–H groups in total. The number of H-pyrrole nitrogens is 1. The second-order valence-electron chi connectivity index (χ2n) is 5.05. The Morgan fingerprint density at radius 2 is 2.26 bits per heavy atom. The Kier molecular flexibility index (Phi) is 3.10. The van der Waals surface area contributed by atoms with Crippen LogP contribution in [0.25, 0.3) is 10.7 Å². The first kappa shape index (κ1) is 12.3. The molecule has 0 amide bonds. The first-order chi connectivity index (χ1) is 9.20. The summed E-state index contributed by atoms with van der Waals surface area (Å²) in [6.45, 7) is 0.